The maximum absolute atomic E-state index is 4.43. The second-order valence-corrected chi connectivity index (χ2v) is 2.04. The summed E-state index contributed by atoms with van der Waals surface area (Å²) in [5.41, 5.74) is 0. The molecule has 1 aliphatic heterocycles. The van der Waals surface area contributed by atoms with Crippen LogP contribution >= 0.6 is 0 Å². The van der Waals surface area contributed by atoms with E-state index in [-0.39, 0.29) is 15.6 Å². The zero-order valence-electron chi connectivity index (χ0n) is 2.46. The van der Waals surface area contributed by atoms with Crippen molar-refractivity contribution in [2.24, 2.45) is 4.02 Å². The average molecular weight is 131 g/mol. The zero-order valence-corrected chi connectivity index (χ0v) is 4.33. The van der Waals surface area contributed by atoms with E-state index in [9.17, 15) is 0 Å². The summed E-state index contributed by atoms with van der Waals surface area (Å²) in [7, 11) is 0. The van der Waals surface area contributed by atoms with Crippen LogP contribution in [0, 0.1) is 0 Å². The molecule has 5 heavy (non-hydrogen) atoms. The molecule has 26 valence electrons. The molecule has 0 saturated carbocycles. The molecule has 1 aliphatic rings. The van der Waals surface area contributed by atoms with Gasteiger partial charge < -0.3 is 0 Å². The number of hydrogen-bond donors (Lipinski definition) is 0. The Balaban J connectivity index is 2.61. The molecule has 0 fully saturated rings. The Morgan fingerprint density at radius 3 is 3.00 bits per heavy atom. The van der Waals surface area contributed by atoms with Crippen LogP contribution in [0.15, 0.2) is 15.1 Å². The quantitative estimate of drug-likeness (QED) is 0.433. The van der Waals surface area contributed by atoms with Crippen LogP contribution in [0.25, 0.3) is 0 Å². The van der Waals surface area contributed by atoms with Crippen molar-refractivity contribution < 1.29 is 4.84 Å². The van der Waals surface area contributed by atoms with Gasteiger partial charge in [0.1, 0.15) is 0 Å². The molecule has 0 aromatic carbocycles. The SMILES string of the molecule is C1=C[As]=NO1. The molecule has 0 atom stereocenters. The Morgan fingerprint density at radius 1 is 1.80 bits per heavy atom. The Labute approximate surface area is 36.3 Å². The summed E-state index contributed by atoms with van der Waals surface area (Å²) in [6.07, 6.45) is 1.61. The van der Waals surface area contributed by atoms with E-state index in [1.54, 1.807) is 6.26 Å². The molecule has 0 saturated heterocycles. The minimum atomic E-state index is 0.0764. The van der Waals surface area contributed by atoms with E-state index < -0.39 is 0 Å². The zero-order chi connectivity index (χ0) is 3.54. The molecule has 0 unspecified atom stereocenters. The molecule has 0 radical (unpaired) electrons. The molecular formula is C2H2AsNO. The van der Waals surface area contributed by atoms with Gasteiger partial charge in [-0.15, -0.1) is 0 Å². The van der Waals surface area contributed by atoms with Gasteiger partial charge >= 0.3 is 35.5 Å². The number of rotatable bonds is 0. The first-order valence-corrected chi connectivity index (χ1v) is 3.13. The molecule has 0 aromatic rings. The van der Waals surface area contributed by atoms with Crippen LogP contribution in [0.2, 0.25) is 0 Å². The monoisotopic (exact) mass is 131 g/mol. The van der Waals surface area contributed by atoms with Crippen molar-refractivity contribution in [1.29, 1.82) is 0 Å². The minimum absolute atomic E-state index is 0.0764. The van der Waals surface area contributed by atoms with Crippen LogP contribution in [0.3, 0.4) is 0 Å². The second-order valence-electron chi connectivity index (χ2n) is 0.588. The molecular weight excluding hydrogens is 129 g/mol. The summed E-state index contributed by atoms with van der Waals surface area (Å²) in [5.74, 6) is 0. The molecule has 0 aliphatic carbocycles. The predicted octanol–water partition coefficient (Wildman–Crippen LogP) is 0.291. The van der Waals surface area contributed by atoms with Crippen LogP contribution in [0.1, 0.15) is 0 Å². The van der Waals surface area contributed by atoms with E-state index in [0.29, 0.717) is 0 Å². The fourth-order valence-corrected chi connectivity index (χ4v) is 0.707. The summed E-state index contributed by atoms with van der Waals surface area (Å²) in [4.78, 5) is 6.37. The van der Waals surface area contributed by atoms with Gasteiger partial charge in [-0.05, 0) is 0 Å². The van der Waals surface area contributed by atoms with E-state index >= 15 is 0 Å². The predicted molar refractivity (Wildman–Crippen MR) is 18.4 cm³/mol. The molecule has 0 N–H and O–H groups in total. The Bertz CT molecular complexity index is 67.7. The first-order chi connectivity index (χ1) is 2.50. The summed E-state index contributed by atoms with van der Waals surface area (Å²) >= 11 is 0.0764. The van der Waals surface area contributed by atoms with Gasteiger partial charge in [-0.2, -0.15) is 0 Å². The summed E-state index contributed by atoms with van der Waals surface area (Å²) < 4.78 is 3.57. The molecule has 1 heterocycles. The Morgan fingerprint density at radius 2 is 2.80 bits per heavy atom. The van der Waals surface area contributed by atoms with Gasteiger partial charge in [-0.3, -0.25) is 0 Å². The Hall–Kier alpha value is -0.102. The van der Waals surface area contributed by atoms with Crippen LogP contribution < -0.4 is 0 Å². The first kappa shape index (κ1) is 3.10. The second kappa shape index (κ2) is 1.36. The van der Waals surface area contributed by atoms with Gasteiger partial charge in [0.15, 0.2) is 0 Å². The number of hydrogen-bond acceptors (Lipinski definition) is 2. The van der Waals surface area contributed by atoms with E-state index in [1.165, 1.54) is 0 Å². The third-order valence-electron chi connectivity index (χ3n) is 0.283. The van der Waals surface area contributed by atoms with Crippen LogP contribution in [0.4, 0.5) is 0 Å². The summed E-state index contributed by atoms with van der Waals surface area (Å²) in [6, 6.07) is 0. The molecule has 2 nitrogen and oxygen atoms in total. The Kier molecular flexibility index (Phi) is 0.847. The fourth-order valence-electron chi connectivity index (χ4n) is 0.136. The van der Waals surface area contributed by atoms with Crippen LogP contribution in [0.5, 0.6) is 0 Å². The first-order valence-electron chi connectivity index (χ1n) is 1.21. The van der Waals surface area contributed by atoms with E-state index in [2.05, 4.69) is 8.86 Å². The van der Waals surface area contributed by atoms with Gasteiger partial charge in [-0.25, -0.2) is 0 Å². The van der Waals surface area contributed by atoms with Gasteiger partial charge in [0, 0.05) is 0 Å². The van der Waals surface area contributed by atoms with Gasteiger partial charge in [0.05, 0.1) is 0 Å². The molecule has 3 heteroatoms. The average Bonchev–Trinajstić information content (AvgIpc) is 1.76. The third kappa shape index (κ3) is 0.586. The molecule has 1 rings (SSSR count). The fraction of sp³-hybridized carbons (Fsp3) is 0. The normalized spacial score (nSPS) is 19.2. The molecule has 0 spiro atoms. The standard InChI is InChI=1S/C2H2AsNO/c1-2-5-4-3-1/h1-2H. The van der Waals surface area contributed by atoms with Gasteiger partial charge in [0.25, 0.3) is 0 Å². The van der Waals surface area contributed by atoms with Crippen molar-refractivity contribution in [3.63, 3.8) is 0 Å². The molecule has 0 aromatic heterocycles. The van der Waals surface area contributed by atoms with E-state index in [4.69, 9.17) is 0 Å². The molecule has 0 bridgehead atoms. The van der Waals surface area contributed by atoms with Gasteiger partial charge in [-0.1, -0.05) is 0 Å². The van der Waals surface area contributed by atoms with E-state index in [1.807, 2.05) is 4.86 Å². The van der Waals surface area contributed by atoms with Crippen molar-refractivity contribution in [3.05, 3.63) is 11.1 Å². The van der Waals surface area contributed by atoms with Crippen LogP contribution in [-0.4, -0.2) is 15.6 Å². The van der Waals surface area contributed by atoms with Crippen molar-refractivity contribution in [3.8, 4) is 0 Å². The molecule has 0 amide bonds. The van der Waals surface area contributed by atoms with Crippen molar-refractivity contribution in [2.75, 3.05) is 0 Å². The van der Waals surface area contributed by atoms with Crippen molar-refractivity contribution >= 4 is 15.6 Å². The topological polar surface area (TPSA) is 21.6 Å². The number of nitrogens with zero attached hydrogens (tertiary/aromatic N) is 1. The van der Waals surface area contributed by atoms with Crippen molar-refractivity contribution in [1.82, 2.24) is 0 Å². The van der Waals surface area contributed by atoms with Crippen LogP contribution in [-0.2, 0) is 4.84 Å². The van der Waals surface area contributed by atoms with E-state index in [0.717, 1.165) is 0 Å². The van der Waals surface area contributed by atoms with Gasteiger partial charge in [0.2, 0.25) is 0 Å². The third-order valence-corrected chi connectivity index (χ3v) is 1.21. The van der Waals surface area contributed by atoms with Crippen molar-refractivity contribution in [2.45, 2.75) is 0 Å². The summed E-state index contributed by atoms with van der Waals surface area (Å²) in [6.45, 7) is 0. The summed E-state index contributed by atoms with van der Waals surface area (Å²) in [5, 5.41) is 0. The maximum atomic E-state index is 4.43.